The molecule has 1 heterocycles. The predicted octanol–water partition coefficient (Wildman–Crippen LogP) is 1.95. The SMILES string of the molecule is COc1cc(ON)ccc1CNc1ccccn1. The van der Waals surface area contributed by atoms with E-state index in [1.165, 1.54) is 0 Å². The molecule has 0 fully saturated rings. The average Bonchev–Trinajstić information content (AvgIpc) is 2.46. The molecule has 1 aromatic carbocycles. The first-order chi connectivity index (χ1) is 8.83. The van der Waals surface area contributed by atoms with E-state index in [2.05, 4.69) is 15.1 Å². The number of pyridine rings is 1. The first kappa shape index (κ1) is 12.2. The van der Waals surface area contributed by atoms with Crippen LogP contribution < -0.4 is 20.8 Å². The van der Waals surface area contributed by atoms with Gasteiger partial charge in [-0.15, -0.1) is 0 Å². The molecular weight excluding hydrogens is 230 g/mol. The third kappa shape index (κ3) is 2.89. The molecule has 5 nitrogen and oxygen atoms in total. The third-order valence-electron chi connectivity index (χ3n) is 2.52. The second-order valence-electron chi connectivity index (χ2n) is 3.66. The van der Waals surface area contributed by atoms with Gasteiger partial charge in [0.1, 0.15) is 11.6 Å². The van der Waals surface area contributed by atoms with E-state index >= 15 is 0 Å². The van der Waals surface area contributed by atoms with Crippen molar-refractivity contribution in [3.63, 3.8) is 0 Å². The minimum Gasteiger partial charge on any atom is -0.496 e. The van der Waals surface area contributed by atoms with Gasteiger partial charge in [0.2, 0.25) is 0 Å². The molecular formula is C13H15N3O2. The van der Waals surface area contributed by atoms with Crippen molar-refractivity contribution in [2.45, 2.75) is 6.54 Å². The number of benzene rings is 1. The van der Waals surface area contributed by atoms with Gasteiger partial charge in [0.25, 0.3) is 0 Å². The Morgan fingerprint density at radius 1 is 1.28 bits per heavy atom. The third-order valence-corrected chi connectivity index (χ3v) is 2.52. The largest absolute Gasteiger partial charge is 0.496 e. The highest BCUT2D eigenvalue weighted by atomic mass is 16.6. The average molecular weight is 245 g/mol. The molecule has 2 aromatic rings. The Morgan fingerprint density at radius 3 is 2.83 bits per heavy atom. The Labute approximate surface area is 106 Å². The molecule has 3 N–H and O–H groups in total. The van der Waals surface area contributed by atoms with Crippen molar-refractivity contribution < 1.29 is 9.57 Å². The fourth-order valence-corrected chi connectivity index (χ4v) is 1.60. The lowest BCUT2D eigenvalue weighted by atomic mass is 10.2. The van der Waals surface area contributed by atoms with Crippen molar-refractivity contribution in [2.75, 3.05) is 12.4 Å². The standard InChI is InChI=1S/C13H15N3O2/c1-17-12-8-11(18-14)6-5-10(12)9-16-13-4-2-3-7-15-13/h2-8H,9,14H2,1H3,(H,15,16). The van der Waals surface area contributed by atoms with Crippen molar-refractivity contribution in [3.05, 3.63) is 48.2 Å². The van der Waals surface area contributed by atoms with E-state index in [0.717, 1.165) is 17.1 Å². The molecule has 0 amide bonds. The van der Waals surface area contributed by atoms with Crippen molar-refractivity contribution in [2.24, 2.45) is 5.90 Å². The Morgan fingerprint density at radius 2 is 2.17 bits per heavy atom. The van der Waals surface area contributed by atoms with E-state index in [0.29, 0.717) is 12.3 Å². The molecule has 0 saturated heterocycles. The van der Waals surface area contributed by atoms with Gasteiger partial charge in [-0.25, -0.2) is 4.98 Å². The van der Waals surface area contributed by atoms with E-state index in [-0.39, 0.29) is 0 Å². The zero-order valence-electron chi connectivity index (χ0n) is 10.1. The van der Waals surface area contributed by atoms with Crippen molar-refractivity contribution in [1.82, 2.24) is 4.98 Å². The van der Waals surface area contributed by atoms with Gasteiger partial charge in [0.05, 0.1) is 7.11 Å². The molecule has 94 valence electrons. The molecule has 0 aliphatic rings. The Balaban J connectivity index is 2.09. The number of nitrogens with zero attached hydrogens (tertiary/aromatic N) is 1. The fourth-order valence-electron chi connectivity index (χ4n) is 1.60. The van der Waals surface area contributed by atoms with Gasteiger partial charge in [0.15, 0.2) is 5.75 Å². The van der Waals surface area contributed by atoms with Gasteiger partial charge in [-0.1, -0.05) is 6.07 Å². The minimum atomic E-state index is 0.563. The highest BCUT2D eigenvalue weighted by Crippen LogP contribution is 2.24. The summed E-state index contributed by atoms with van der Waals surface area (Å²) in [4.78, 5) is 8.85. The van der Waals surface area contributed by atoms with Crippen molar-refractivity contribution in [1.29, 1.82) is 0 Å². The van der Waals surface area contributed by atoms with Crippen molar-refractivity contribution >= 4 is 5.82 Å². The molecule has 2 rings (SSSR count). The van der Waals surface area contributed by atoms with Gasteiger partial charge >= 0.3 is 0 Å². The van der Waals surface area contributed by atoms with Crippen LogP contribution in [0.2, 0.25) is 0 Å². The number of nitrogens with one attached hydrogen (secondary N) is 1. The Bertz CT molecular complexity index is 503. The van der Waals surface area contributed by atoms with E-state index in [9.17, 15) is 0 Å². The summed E-state index contributed by atoms with van der Waals surface area (Å²) in [6.45, 7) is 0.616. The summed E-state index contributed by atoms with van der Waals surface area (Å²) in [6.07, 6.45) is 1.74. The number of anilines is 1. The van der Waals surface area contributed by atoms with Crippen LogP contribution in [0, 0.1) is 0 Å². The summed E-state index contributed by atoms with van der Waals surface area (Å²) in [6, 6.07) is 11.1. The second-order valence-corrected chi connectivity index (χ2v) is 3.66. The number of methoxy groups -OCH3 is 1. The number of nitrogens with two attached hydrogens (primary N) is 1. The molecule has 0 atom stereocenters. The molecule has 0 aliphatic carbocycles. The summed E-state index contributed by atoms with van der Waals surface area (Å²) >= 11 is 0. The number of rotatable bonds is 5. The summed E-state index contributed by atoms with van der Waals surface area (Å²) in [5, 5.41) is 3.21. The summed E-state index contributed by atoms with van der Waals surface area (Å²) in [7, 11) is 1.61. The van der Waals surface area contributed by atoms with Crippen LogP contribution in [0.25, 0.3) is 0 Å². The highest BCUT2D eigenvalue weighted by molar-refractivity contribution is 5.43. The molecule has 0 spiro atoms. The van der Waals surface area contributed by atoms with Crippen LogP contribution in [0.1, 0.15) is 5.56 Å². The van der Waals surface area contributed by atoms with Gasteiger partial charge in [-0.2, -0.15) is 5.90 Å². The zero-order valence-corrected chi connectivity index (χ0v) is 10.1. The van der Waals surface area contributed by atoms with Crippen molar-refractivity contribution in [3.8, 4) is 11.5 Å². The lowest BCUT2D eigenvalue weighted by Gasteiger charge is -2.11. The molecule has 18 heavy (non-hydrogen) atoms. The van der Waals surface area contributed by atoms with Gasteiger partial charge < -0.3 is 14.9 Å². The Hall–Kier alpha value is -2.27. The summed E-state index contributed by atoms with van der Waals surface area (Å²) in [5.41, 5.74) is 1.00. The fraction of sp³-hybridized carbons (Fsp3) is 0.154. The minimum absolute atomic E-state index is 0.563. The van der Waals surface area contributed by atoms with Crippen LogP contribution in [-0.2, 0) is 6.54 Å². The normalized spacial score (nSPS) is 9.89. The molecule has 0 saturated carbocycles. The van der Waals surface area contributed by atoms with E-state index in [4.69, 9.17) is 10.6 Å². The van der Waals surface area contributed by atoms with Crippen LogP contribution in [0.3, 0.4) is 0 Å². The zero-order chi connectivity index (χ0) is 12.8. The molecule has 0 aliphatic heterocycles. The summed E-state index contributed by atoms with van der Waals surface area (Å²) in [5.74, 6) is 7.21. The first-order valence-electron chi connectivity index (χ1n) is 5.52. The van der Waals surface area contributed by atoms with Crippen LogP contribution in [0.4, 0.5) is 5.82 Å². The second kappa shape index (κ2) is 5.88. The number of hydrogen-bond donors (Lipinski definition) is 2. The molecule has 0 unspecified atom stereocenters. The maximum absolute atomic E-state index is 5.28. The van der Waals surface area contributed by atoms with E-state index in [1.807, 2.05) is 24.3 Å². The highest BCUT2D eigenvalue weighted by Gasteiger charge is 2.05. The maximum atomic E-state index is 5.28. The number of aromatic nitrogens is 1. The van der Waals surface area contributed by atoms with E-state index in [1.54, 1.807) is 25.4 Å². The van der Waals surface area contributed by atoms with Crippen LogP contribution in [0.5, 0.6) is 11.5 Å². The Kier molecular flexibility index (Phi) is 3.98. The molecule has 5 heteroatoms. The lowest BCUT2D eigenvalue weighted by molar-refractivity contribution is 0.330. The molecule has 0 radical (unpaired) electrons. The predicted molar refractivity (Wildman–Crippen MR) is 69.4 cm³/mol. The van der Waals surface area contributed by atoms with E-state index < -0.39 is 0 Å². The maximum Gasteiger partial charge on any atom is 0.150 e. The topological polar surface area (TPSA) is 69.4 Å². The quantitative estimate of drug-likeness (QED) is 0.788. The van der Waals surface area contributed by atoms with Gasteiger partial charge in [0, 0.05) is 24.4 Å². The molecule has 1 aromatic heterocycles. The van der Waals surface area contributed by atoms with Gasteiger partial charge in [-0.05, 0) is 24.3 Å². The summed E-state index contributed by atoms with van der Waals surface area (Å²) < 4.78 is 5.28. The number of ether oxygens (including phenoxy) is 1. The van der Waals surface area contributed by atoms with Crippen LogP contribution in [-0.4, -0.2) is 12.1 Å². The lowest BCUT2D eigenvalue weighted by Crippen LogP contribution is -2.05. The van der Waals surface area contributed by atoms with Crippen LogP contribution >= 0.6 is 0 Å². The smallest absolute Gasteiger partial charge is 0.150 e. The van der Waals surface area contributed by atoms with Crippen LogP contribution in [0.15, 0.2) is 42.6 Å². The molecule has 0 bridgehead atoms. The first-order valence-corrected chi connectivity index (χ1v) is 5.52. The monoisotopic (exact) mass is 245 g/mol. The number of hydrogen-bond acceptors (Lipinski definition) is 5. The van der Waals surface area contributed by atoms with Gasteiger partial charge in [-0.3, -0.25) is 0 Å².